The van der Waals surface area contributed by atoms with E-state index in [9.17, 15) is 4.79 Å². The van der Waals surface area contributed by atoms with Crippen LogP contribution in [0.3, 0.4) is 0 Å². The molecule has 1 aromatic rings. The number of carbonyl (C=O) groups is 1. The maximum absolute atomic E-state index is 12.0. The van der Waals surface area contributed by atoms with Crippen molar-refractivity contribution in [2.24, 2.45) is 5.92 Å². The standard InChI is InChI=1S/C12H16ClN3O/c1-7(8-3-2-4-8)15-12(17)9-5-10(13)16-11(14)6-9/h5-8H,2-4H2,1H3,(H2,14,16)(H,15,17). The molecule has 92 valence electrons. The summed E-state index contributed by atoms with van der Waals surface area (Å²) < 4.78 is 0. The summed E-state index contributed by atoms with van der Waals surface area (Å²) in [5.74, 6) is 0.730. The lowest BCUT2D eigenvalue weighted by molar-refractivity contribution is 0.0909. The normalized spacial score (nSPS) is 17.3. The number of nitrogens with zero attached hydrogens (tertiary/aromatic N) is 1. The van der Waals surface area contributed by atoms with Gasteiger partial charge in [0.2, 0.25) is 0 Å². The summed E-state index contributed by atoms with van der Waals surface area (Å²) in [6, 6.07) is 3.26. The first-order valence-electron chi connectivity index (χ1n) is 5.80. The van der Waals surface area contributed by atoms with Crippen LogP contribution in [-0.2, 0) is 0 Å². The zero-order valence-corrected chi connectivity index (χ0v) is 10.5. The molecule has 5 heteroatoms. The molecule has 1 aromatic heterocycles. The van der Waals surface area contributed by atoms with Crippen molar-refractivity contribution >= 4 is 23.3 Å². The van der Waals surface area contributed by atoms with E-state index in [-0.39, 0.29) is 22.9 Å². The lowest BCUT2D eigenvalue weighted by Gasteiger charge is -2.31. The third kappa shape index (κ3) is 2.88. The summed E-state index contributed by atoms with van der Waals surface area (Å²) >= 11 is 5.76. The molecule has 1 atom stereocenters. The summed E-state index contributed by atoms with van der Waals surface area (Å²) in [5, 5.41) is 3.21. The van der Waals surface area contributed by atoms with Gasteiger partial charge in [-0.25, -0.2) is 4.98 Å². The molecule has 1 heterocycles. The fraction of sp³-hybridized carbons (Fsp3) is 0.500. The van der Waals surface area contributed by atoms with E-state index in [0.29, 0.717) is 11.5 Å². The molecule has 0 aliphatic heterocycles. The van der Waals surface area contributed by atoms with Crippen molar-refractivity contribution in [2.75, 3.05) is 5.73 Å². The molecule has 1 fully saturated rings. The molecule has 1 unspecified atom stereocenters. The van der Waals surface area contributed by atoms with Gasteiger partial charge < -0.3 is 11.1 Å². The number of hydrogen-bond donors (Lipinski definition) is 2. The van der Waals surface area contributed by atoms with Gasteiger partial charge >= 0.3 is 0 Å². The van der Waals surface area contributed by atoms with Crippen molar-refractivity contribution in [3.8, 4) is 0 Å². The van der Waals surface area contributed by atoms with Gasteiger partial charge in [-0.05, 0) is 37.8 Å². The van der Waals surface area contributed by atoms with Crippen molar-refractivity contribution in [3.63, 3.8) is 0 Å². The quantitative estimate of drug-likeness (QED) is 0.812. The van der Waals surface area contributed by atoms with Crippen LogP contribution in [0.25, 0.3) is 0 Å². The number of amides is 1. The third-order valence-electron chi connectivity index (χ3n) is 3.29. The first-order chi connectivity index (χ1) is 8.06. The second kappa shape index (κ2) is 4.92. The highest BCUT2D eigenvalue weighted by atomic mass is 35.5. The van der Waals surface area contributed by atoms with E-state index in [2.05, 4.69) is 10.3 Å². The molecule has 4 nitrogen and oxygen atoms in total. The molecule has 3 N–H and O–H groups in total. The van der Waals surface area contributed by atoms with Crippen LogP contribution >= 0.6 is 11.6 Å². The number of halogens is 1. The number of nitrogen functional groups attached to an aromatic ring is 1. The molecule has 2 rings (SSSR count). The highest BCUT2D eigenvalue weighted by Crippen LogP contribution is 2.29. The highest BCUT2D eigenvalue weighted by Gasteiger charge is 2.25. The number of nitrogens with one attached hydrogen (secondary N) is 1. The number of aromatic nitrogens is 1. The van der Waals surface area contributed by atoms with Crippen molar-refractivity contribution < 1.29 is 4.79 Å². The summed E-state index contributed by atoms with van der Waals surface area (Å²) in [5.41, 5.74) is 6.02. The van der Waals surface area contributed by atoms with Crippen molar-refractivity contribution in [1.29, 1.82) is 0 Å². The molecule has 0 saturated heterocycles. The van der Waals surface area contributed by atoms with Crippen LogP contribution in [0.2, 0.25) is 5.15 Å². The molecule has 0 spiro atoms. The average Bonchev–Trinajstić information content (AvgIpc) is 2.12. The SMILES string of the molecule is CC(NC(=O)c1cc(N)nc(Cl)c1)C1CCC1. The van der Waals surface area contributed by atoms with E-state index >= 15 is 0 Å². The summed E-state index contributed by atoms with van der Waals surface area (Å²) in [6.07, 6.45) is 3.65. The predicted octanol–water partition coefficient (Wildman–Crippen LogP) is 2.24. The summed E-state index contributed by atoms with van der Waals surface area (Å²) in [6.45, 7) is 2.04. The van der Waals surface area contributed by atoms with Gasteiger partial charge in [0.1, 0.15) is 11.0 Å². The Labute approximate surface area is 106 Å². The molecule has 1 saturated carbocycles. The number of carbonyl (C=O) groups excluding carboxylic acids is 1. The Morgan fingerprint density at radius 1 is 1.59 bits per heavy atom. The van der Waals surface area contributed by atoms with Gasteiger partial charge in [0.25, 0.3) is 5.91 Å². The average molecular weight is 254 g/mol. The Morgan fingerprint density at radius 2 is 2.29 bits per heavy atom. The Balaban J connectivity index is 2.03. The Morgan fingerprint density at radius 3 is 2.82 bits per heavy atom. The van der Waals surface area contributed by atoms with Gasteiger partial charge in [0, 0.05) is 11.6 Å². The first-order valence-corrected chi connectivity index (χ1v) is 6.18. The van der Waals surface area contributed by atoms with E-state index in [1.54, 1.807) is 0 Å². The minimum Gasteiger partial charge on any atom is -0.384 e. The second-order valence-electron chi connectivity index (χ2n) is 4.56. The van der Waals surface area contributed by atoms with Gasteiger partial charge in [-0.15, -0.1) is 0 Å². The smallest absolute Gasteiger partial charge is 0.251 e. The Kier molecular flexibility index (Phi) is 3.52. The maximum Gasteiger partial charge on any atom is 0.251 e. The number of pyridine rings is 1. The van der Waals surface area contributed by atoms with Gasteiger partial charge in [-0.2, -0.15) is 0 Å². The molecular weight excluding hydrogens is 238 g/mol. The molecule has 1 amide bonds. The Bertz CT molecular complexity index is 412. The van der Waals surface area contributed by atoms with Crippen molar-refractivity contribution in [1.82, 2.24) is 10.3 Å². The highest BCUT2D eigenvalue weighted by molar-refractivity contribution is 6.29. The minimum absolute atomic E-state index is 0.139. The number of nitrogens with two attached hydrogens (primary N) is 1. The van der Waals surface area contributed by atoms with E-state index in [1.807, 2.05) is 6.92 Å². The molecule has 1 aliphatic rings. The van der Waals surface area contributed by atoms with E-state index in [1.165, 1.54) is 31.4 Å². The van der Waals surface area contributed by atoms with Crippen LogP contribution in [-0.4, -0.2) is 16.9 Å². The summed E-state index contributed by atoms with van der Waals surface area (Å²) in [7, 11) is 0. The predicted molar refractivity (Wildman–Crippen MR) is 67.9 cm³/mol. The largest absolute Gasteiger partial charge is 0.384 e. The van der Waals surface area contributed by atoms with Crippen molar-refractivity contribution in [2.45, 2.75) is 32.2 Å². The van der Waals surface area contributed by atoms with Gasteiger partial charge in [0.05, 0.1) is 0 Å². The van der Waals surface area contributed by atoms with E-state index in [0.717, 1.165) is 0 Å². The maximum atomic E-state index is 12.0. The fourth-order valence-corrected chi connectivity index (χ4v) is 2.21. The lowest BCUT2D eigenvalue weighted by atomic mass is 9.80. The van der Waals surface area contributed by atoms with Gasteiger partial charge in [-0.1, -0.05) is 18.0 Å². The van der Waals surface area contributed by atoms with E-state index < -0.39 is 0 Å². The van der Waals surface area contributed by atoms with Crippen LogP contribution in [0.4, 0.5) is 5.82 Å². The molecule has 0 bridgehead atoms. The lowest BCUT2D eigenvalue weighted by Crippen LogP contribution is -2.40. The Hall–Kier alpha value is -1.29. The number of anilines is 1. The van der Waals surface area contributed by atoms with Crippen molar-refractivity contribution in [3.05, 3.63) is 22.8 Å². The zero-order chi connectivity index (χ0) is 12.4. The van der Waals surface area contributed by atoms with Crippen LogP contribution in [0.15, 0.2) is 12.1 Å². The first kappa shape index (κ1) is 12.2. The molecular formula is C12H16ClN3O. The van der Waals surface area contributed by atoms with Crippen LogP contribution in [0, 0.1) is 5.92 Å². The molecule has 1 aliphatic carbocycles. The fourth-order valence-electron chi connectivity index (χ4n) is 2.00. The number of rotatable bonds is 3. The topological polar surface area (TPSA) is 68.0 Å². The molecule has 17 heavy (non-hydrogen) atoms. The minimum atomic E-state index is -0.139. The molecule has 0 aromatic carbocycles. The monoisotopic (exact) mass is 253 g/mol. The molecule has 0 radical (unpaired) electrons. The third-order valence-corrected chi connectivity index (χ3v) is 3.49. The zero-order valence-electron chi connectivity index (χ0n) is 9.74. The van der Waals surface area contributed by atoms with Gasteiger partial charge in [-0.3, -0.25) is 4.79 Å². The summed E-state index contributed by atoms with van der Waals surface area (Å²) in [4.78, 5) is 15.8. The van der Waals surface area contributed by atoms with Crippen LogP contribution < -0.4 is 11.1 Å². The van der Waals surface area contributed by atoms with Gasteiger partial charge in [0.15, 0.2) is 0 Å². The second-order valence-corrected chi connectivity index (χ2v) is 4.94. The van der Waals surface area contributed by atoms with Crippen LogP contribution in [0.5, 0.6) is 0 Å². The van der Waals surface area contributed by atoms with E-state index in [4.69, 9.17) is 17.3 Å². The van der Waals surface area contributed by atoms with Crippen LogP contribution in [0.1, 0.15) is 36.5 Å². The number of hydrogen-bond acceptors (Lipinski definition) is 3.